The maximum Gasteiger partial charge on any atom is 0.319 e. The van der Waals surface area contributed by atoms with Crippen molar-refractivity contribution in [3.8, 4) is 0 Å². The van der Waals surface area contributed by atoms with Gasteiger partial charge in [-0.25, -0.2) is 4.79 Å². The summed E-state index contributed by atoms with van der Waals surface area (Å²) < 4.78 is 0.853. The zero-order chi connectivity index (χ0) is 13.8. The molecule has 19 heavy (non-hydrogen) atoms. The number of aliphatic hydroxyl groups excluding tert-OH is 1. The van der Waals surface area contributed by atoms with Crippen molar-refractivity contribution in [1.29, 1.82) is 0 Å². The molecule has 0 radical (unpaired) electrons. The zero-order valence-electron chi connectivity index (χ0n) is 10.3. The van der Waals surface area contributed by atoms with E-state index in [9.17, 15) is 9.90 Å². The molecule has 0 spiro atoms. The summed E-state index contributed by atoms with van der Waals surface area (Å²) in [5, 5.41) is 15.7. The van der Waals surface area contributed by atoms with Crippen LogP contribution in [0.2, 0.25) is 5.02 Å². The number of anilines is 1. The van der Waals surface area contributed by atoms with Gasteiger partial charge in [-0.2, -0.15) is 0 Å². The first-order valence-electron chi connectivity index (χ1n) is 6.27. The van der Waals surface area contributed by atoms with Crippen molar-refractivity contribution >= 4 is 39.2 Å². The smallest absolute Gasteiger partial charge is 0.319 e. The SMILES string of the molecule is O=C(Nc1ccc(Br)cc1Cl)NC1CCCCC1O. The minimum Gasteiger partial charge on any atom is -0.391 e. The number of amides is 2. The summed E-state index contributed by atoms with van der Waals surface area (Å²) in [6.45, 7) is 0. The highest BCUT2D eigenvalue weighted by atomic mass is 79.9. The molecular formula is C13H16BrClN2O2. The highest BCUT2D eigenvalue weighted by molar-refractivity contribution is 9.10. The Balaban J connectivity index is 1.93. The van der Waals surface area contributed by atoms with Crippen LogP contribution in [0.1, 0.15) is 25.7 Å². The van der Waals surface area contributed by atoms with E-state index in [1.54, 1.807) is 18.2 Å². The molecule has 1 aliphatic carbocycles. The molecule has 1 aliphatic rings. The first-order chi connectivity index (χ1) is 9.06. The number of rotatable bonds is 2. The summed E-state index contributed by atoms with van der Waals surface area (Å²) in [5.74, 6) is 0. The minimum atomic E-state index is -0.458. The van der Waals surface area contributed by atoms with Gasteiger partial charge in [0, 0.05) is 4.47 Å². The number of halogens is 2. The molecule has 1 saturated carbocycles. The second-order valence-corrected chi connectivity index (χ2v) is 6.00. The number of aliphatic hydroxyl groups is 1. The predicted octanol–water partition coefficient (Wildman–Crippen LogP) is 3.53. The van der Waals surface area contributed by atoms with Gasteiger partial charge in [-0.1, -0.05) is 40.4 Å². The Hall–Kier alpha value is -0.780. The van der Waals surface area contributed by atoms with Crippen LogP contribution < -0.4 is 10.6 Å². The van der Waals surface area contributed by atoms with Crippen LogP contribution in [-0.4, -0.2) is 23.3 Å². The van der Waals surface area contributed by atoms with Crippen molar-refractivity contribution < 1.29 is 9.90 Å². The highest BCUT2D eigenvalue weighted by Gasteiger charge is 2.24. The lowest BCUT2D eigenvalue weighted by Crippen LogP contribution is -2.46. The number of urea groups is 1. The van der Waals surface area contributed by atoms with Gasteiger partial charge in [0.1, 0.15) is 0 Å². The standard InChI is InChI=1S/C13H16BrClN2O2/c14-8-5-6-10(9(15)7-8)16-13(19)17-11-3-1-2-4-12(11)18/h5-7,11-12,18H,1-4H2,(H2,16,17,19). The molecule has 0 saturated heterocycles. The van der Waals surface area contributed by atoms with E-state index >= 15 is 0 Å². The van der Waals surface area contributed by atoms with E-state index in [1.807, 2.05) is 0 Å². The molecule has 3 N–H and O–H groups in total. The lowest BCUT2D eigenvalue weighted by Gasteiger charge is -2.28. The Morgan fingerprint density at radius 1 is 1.37 bits per heavy atom. The van der Waals surface area contributed by atoms with Crippen molar-refractivity contribution in [2.24, 2.45) is 0 Å². The maximum atomic E-state index is 11.9. The first-order valence-corrected chi connectivity index (χ1v) is 7.44. The molecule has 2 atom stereocenters. The van der Waals surface area contributed by atoms with Crippen LogP contribution in [0.25, 0.3) is 0 Å². The van der Waals surface area contributed by atoms with E-state index in [0.717, 1.165) is 30.2 Å². The first kappa shape index (κ1) is 14.6. The summed E-state index contributed by atoms with van der Waals surface area (Å²) in [6.07, 6.45) is 3.13. The Morgan fingerprint density at radius 2 is 2.11 bits per heavy atom. The Morgan fingerprint density at radius 3 is 2.79 bits per heavy atom. The second kappa shape index (κ2) is 6.59. The molecule has 104 valence electrons. The third kappa shape index (κ3) is 4.09. The average molecular weight is 348 g/mol. The van der Waals surface area contributed by atoms with Gasteiger partial charge in [-0.3, -0.25) is 0 Å². The van der Waals surface area contributed by atoms with Gasteiger partial charge >= 0.3 is 6.03 Å². The minimum absolute atomic E-state index is 0.178. The molecule has 0 aromatic heterocycles. The number of nitrogens with one attached hydrogen (secondary N) is 2. The molecule has 0 heterocycles. The van der Waals surface area contributed by atoms with Crippen LogP contribution in [0.4, 0.5) is 10.5 Å². The molecular weight excluding hydrogens is 332 g/mol. The van der Waals surface area contributed by atoms with Gasteiger partial charge in [0.05, 0.1) is 22.9 Å². The quantitative estimate of drug-likeness (QED) is 0.766. The van der Waals surface area contributed by atoms with Crippen LogP contribution in [0.3, 0.4) is 0 Å². The average Bonchev–Trinajstić information content (AvgIpc) is 2.36. The van der Waals surface area contributed by atoms with Gasteiger partial charge in [-0.15, -0.1) is 0 Å². The number of hydrogen-bond acceptors (Lipinski definition) is 2. The van der Waals surface area contributed by atoms with Crippen LogP contribution >= 0.6 is 27.5 Å². The molecule has 0 bridgehead atoms. The van der Waals surface area contributed by atoms with E-state index in [1.165, 1.54) is 0 Å². The summed E-state index contributed by atoms with van der Waals surface area (Å²) in [4.78, 5) is 11.9. The Bertz CT molecular complexity index is 470. The maximum absolute atomic E-state index is 11.9. The molecule has 2 rings (SSSR count). The van der Waals surface area contributed by atoms with E-state index in [2.05, 4.69) is 26.6 Å². The fourth-order valence-corrected chi connectivity index (χ4v) is 2.92. The van der Waals surface area contributed by atoms with Crippen molar-refractivity contribution in [3.63, 3.8) is 0 Å². The van der Waals surface area contributed by atoms with Crippen molar-refractivity contribution in [2.75, 3.05) is 5.32 Å². The van der Waals surface area contributed by atoms with Crippen LogP contribution in [0, 0.1) is 0 Å². The molecule has 1 aromatic carbocycles. The monoisotopic (exact) mass is 346 g/mol. The lowest BCUT2D eigenvalue weighted by molar-refractivity contribution is 0.0955. The fraction of sp³-hybridized carbons (Fsp3) is 0.462. The molecule has 1 fully saturated rings. The van der Waals surface area contributed by atoms with Crippen LogP contribution in [0.5, 0.6) is 0 Å². The van der Waals surface area contributed by atoms with Gasteiger partial charge in [0.2, 0.25) is 0 Å². The Kier molecular flexibility index (Phi) is 5.07. The number of carbonyl (C=O) groups excluding carboxylic acids is 1. The molecule has 0 aliphatic heterocycles. The van der Waals surface area contributed by atoms with E-state index in [0.29, 0.717) is 10.7 Å². The van der Waals surface area contributed by atoms with E-state index < -0.39 is 6.10 Å². The third-order valence-corrected chi connectivity index (χ3v) is 4.03. The second-order valence-electron chi connectivity index (χ2n) is 4.68. The molecule has 4 nitrogen and oxygen atoms in total. The van der Waals surface area contributed by atoms with Gasteiger partial charge in [0.15, 0.2) is 0 Å². The number of benzene rings is 1. The van der Waals surface area contributed by atoms with Crippen molar-refractivity contribution in [1.82, 2.24) is 5.32 Å². The van der Waals surface area contributed by atoms with E-state index in [4.69, 9.17) is 11.6 Å². The topological polar surface area (TPSA) is 61.4 Å². The largest absolute Gasteiger partial charge is 0.391 e. The van der Waals surface area contributed by atoms with Crippen LogP contribution in [0.15, 0.2) is 22.7 Å². The zero-order valence-corrected chi connectivity index (χ0v) is 12.7. The summed E-state index contributed by atoms with van der Waals surface area (Å²) in [7, 11) is 0. The number of carbonyl (C=O) groups is 1. The van der Waals surface area contributed by atoms with Gasteiger partial charge < -0.3 is 15.7 Å². The van der Waals surface area contributed by atoms with Gasteiger partial charge in [-0.05, 0) is 31.0 Å². The molecule has 2 amide bonds. The fourth-order valence-electron chi connectivity index (χ4n) is 2.20. The number of hydrogen-bond donors (Lipinski definition) is 3. The molecule has 6 heteroatoms. The predicted molar refractivity (Wildman–Crippen MR) is 79.6 cm³/mol. The molecule has 2 unspecified atom stereocenters. The van der Waals surface area contributed by atoms with Crippen LogP contribution in [-0.2, 0) is 0 Å². The summed E-state index contributed by atoms with van der Waals surface area (Å²) >= 11 is 9.33. The summed E-state index contributed by atoms with van der Waals surface area (Å²) in [5.41, 5.74) is 0.549. The van der Waals surface area contributed by atoms with E-state index in [-0.39, 0.29) is 12.1 Å². The van der Waals surface area contributed by atoms with Gasteiger partial charge in [0.25, 0.3) is 0 Å². The highest BCUT2D eigenvalue weighted by Crippen LogP contribution is 2.25. The Labute approximate surface area is 125 Å². The molecule has 1 aromatic rings. The lowest BCUT2D eigenvalue weighted by atomic mass is 9.93. The summed E-state index contributed by atoms with van der Waals surface area (Å²) in [6, 6.07) is 4.73. The third-order valence-electron chi connectivity index (χ3n) is 3.23. The normalized spacial score (nSPS) is 22.9. The van der Waals surface area contributed by atoms with Crippen molar-refractivity contribution in [2.45, 2.75) is 37.8 Å². The van der Waals surface area contributed by atoms with Crippen molar-refractivity contribution in [3.05, 3.63) is 27.7 Å².